The van der Waals surface area contributed by atoms with Gasteiger partial charge in [-0.2, -0.15) is 0 Å². The molecule has 0 saturated carbocycles. The van der Waals surface area contributed by atoms with E-state index in [1.165, 1.54) is 10.9 Å². The van der Waals surface area contributed by atoms with Gasteiger partial charge in [-0.25, -0.2) is 9.78 Å². The van der Waals surface area contributed by atoms with Gasteiger partial charge < -0.3 is 9.52 Å². The highest BCUT2D eigenvalue weighted by Crippen LogP contribution is 2.35. The minimum atomic E-state index is -1.12. The molecule has 1 atom stereocenters. The lowest BCUT2D eigenvalue weighted by Gasteiger charge is -2.17. The van der Waals surface area contributed by atoms with E-state index in [1.807, 2.05) is 6.92 Å². The second-order valence-electron chi connectivity index (χ2n) is 6.88. The first-order chi connectivity index (χ1) is 12.5. The maximum absolute atomic E-state index is 13.2. The fraction of sp³-hybridized carbons (Fsp3) is 0.421. The minimum Gasteiger partial charge on any atom is -0.475 e. The van der Waals surface area contributed by atoms with Crippen molar-refractivity contribution in [3.05, 3.63) is 50.3 Å². The molecule has 0 bridgehead atoms. The number of hydrogen-bond acceptors (Lipinski definition) is 5. The number of aromatic nitrogens is 2. The highest BCUT2D eigenvalue weighted by Gasteiger charge is 2.24. The normalized spacial score (nSPS) is 16.8. The van der Waals surface area contributed by atoms with Crippen LogP contribution in [0.15, 0.2) is 21.3 Å². The summed E-state index contributed by atoms with van der Waals surface area (Å²) in [7, 11) is 0. The van der Waals surface area contributed by atoms with E-state index in [1.54, 1.807) is 22.0 Å². The smallest absolute Gasteiger partial charge is 0.371 e. The second-order valence-corrected chi connectivity index (χ2v) is 7.96. The largest absolute Gasteiger partial charge is 0.475 e. The van der Waals surface area contributed by atoms with Crippen LogP contribution in [0.1, 0.15) is 52.8 Å². The molecule has 3 aromatic rings. The summed E-state index contributed by atoms with van der Waals surface area (Å²) in [5.41, 5.74) is 1.11. The fourth-order valence-electron chi connectivity index (χ4n) is 3.63. The van der Waals surface area contributed by atoms with E-state index in [-0.39, 0.29) is 17.9 Å². The molecule has 136 valence electrons. The molecule has 4 rings (SSSR count). The Balaban J connectivity index is 1.84. The van der Waals surface area contributed by atoms with E-state index >= 15 is 0 Å². The monoisotopic (exact) mass is 372 g/mol. The second kappa shape index (κ2) is 6.39. The Hall–Kier alpha value is -2.41. The third-order valence-electron chi connectivity index (χ3n) is 5.00. The number of thiophene rings is 1. The summed E-state index contributed by atoms with van der Waals surface area (Å²) < 4.78 is 6.96. The summed E-state index contributed by atoms with van der Waals surface area (Å²) in [6.07, 6.45) is 3.64. The number of hydrogen-bond donors (Lipinski definition) is 1. The molecule has 0 amide bonds. The molecule has 26 heavy (non-hydrogen) atoms. The van der Waals surface area contributed by atoms with Gasteiger partial charge in [-0.15, -0.1) is 11.3 Å². The Labute approximate surface area is 154 Å². The van der Waals surface area contributed by atoms with Crippen LogP contribution in [0.25, 0.3) is 10.2 Å². The SMILES string of the molecule is CCc1nc2sc3c(c2c(=O)n1Cc1ccc(C(=O)O)o1)CCC(C)C3. The van der Waals surface area contributed by atoms with Crippen molar-refractivity contribution in [2.24, 2.45) is 5.92 Å². The van der Waals surface area contributed by atoms with E-state index < -0.39 is 5.97 Å². The maximum atomic E-state index is 13.2. The van der Waals surface area contributed by atoms with Crippen LogP contribution in [0.2, 0.25) is 0 Å². The molecule has 1 N–H and O–H groups in total. The molecule has 0 radical (unpaired) electrons. The number of nitrogens with zero attached hydrogens (tertiary/aromatic N) is 2. The Morgan fingerprint density at radius 1 is 1.46 bits per heavy atom. The van der Waals surface area contributed by atoms with E-state index in [0.717, 1.165) is 35.0 Å². The molecule has 1 aliphatic carbocycles. The number of aromatic carboxylic acids is 1. The summed E-state index contributed by atoms with van der Waals surface area (Å²) in [4.78, 5) is 31.1. The van der Waals surface area contributed by atoms with Gasteiger partial charge in [0.1, 0.15) is 16.4 Å². The van der Waals surface area contributed by atoms with E-state index in [0.29, 0.717) is 23.9 Å². The summed E-state index contributed by atoms with van der Waals surface area (Å²) in [5.74, 6) is 0.539. The van der Waals surface area contributed by atoms with Gasteiger partial charge in [-0.05, 0) is 42.9 Å². The number of rotatable bonds is 4. The molecule has 3 aromatic heterocycles. The number of carboxylic acid groups (broad SMARTS) is 1. The summed E-state index contributed by atoms with van der Waals surface area (Å²) in [6.45, 7) is 4.40. The molecule has 0 fully saturated rings. The van der Waals surface area contributed by atoms with Crippen LogP contribution < -0.4 is 5.56 Å². The first-order valence-electron chi connectivity index (χ1n) is 8.83. The molecule has 6 nitrogen and oxygen atoms in total. The summed E-state index contributed by atoms with van der Waals surface area (Å²) >= 11 is 1.64. The molecule has 1 unspecified atom stereocenters. The maximum Gasteiger partial charge on any atom is 0.371 e. The Morgan fingerprint density at radius 3 is 2.96 bits per heavy atom. The van der Waals surface area contributed by atoms with Crippen LogP contribution in [0, 0.1) is 5.92 Å². The van der Waals surface area contributed by atoms with Gasteiger partial charge in [0.25, 0.3) is 5.56 Å². The lowest BCUT2D eigenvalue weighted by Crippen LogP contribution is -2.26. The van der Waals surface area contributed by atoms with Crippen molar-refractivity contribution < 1.29 is 14.3 Å². The lowest BCUT2D eigenvalue weighted by atomic mass is 9.89. The van der Waals surface area contributed by atoms with Crippen molar-refractivity contribution in [1.29, 1.82) is 0 Å². The van der Waals surface area contributed by atoms with Gasteiger partial charge in [-0.1, -0.05) is 13.8 Å². The quantitative estimate of drug-likeness (QED) is 0.758. The molecular weight excluding hydrogens is 352 g/mol. The number of furan rings is 1. The van der Waals surface area contributed by atoms with E-state index in [9.17, 15) is 9.59 Å². The molecular formula is C19H20N2O4S. The third-order valence-corrected chi connectivity index (χ3v) is 6.15. The van der Waals surface area contributed by atoms with Crippen molar-refractivity contribution in [2.75, 3.05) is 0 Å². The van der Waals surface area contributed by atoms with Crippen molar-refractivity contribution in [3.63, 3.8) is 0 Å². The van der Waals surface area contributed by atoms with Crippen LogP contribution >= 0.6 is 11.3 Å². The average molecular weight is 372 g/mol. The first-order valence-corrected chi connectivity index (χ1v) is 9.65. The van der Waals surface area contributed by atoms with E-state index in [2.05, 4.69) is 6.92 Å². The van der Waals surface area contributed by atoms with Gasteiger partial charge in [0, 0.05) is 11.3 Å². The Kier molecular flexibility index (Phi) is 4.19. The molecule has 7 heteroatoms. The van der Waals surface area contributed by atoms with Gasteiger partial charge in [0.2, 0.25) is 5.76 Å². The van der Waals surface area contributed by atoms with Crippen molar-refractivity contribution >= 4 is 27.5 Å². The molecule has 0 saturated heterocycles. The average Bonchev–Trinajstić information content (AvgIpc) is 3.21. The van der Waals surface area contributed by atoms with E-state index in [4.69, 9.17) is 14.5 Å². The third kappa shape index (κ3) is 2.76. The predicted molar refractivity (Wildman–Crippen MR) is 99.2 cm³/mol. The zero-order valence-corrected chi connectivity index (χ0v) is 15.6. The van der Waals surface area contributed by atoms with Gasteiger partial charge in [0.15, 0.2) is 0 Å². The summed E-state index contributed by atoms with van der Waals surface area (Å²) in [5, 5.41) is 9.75. The highest BCUT2D eigenvalue weighted by atomic mass is 32.1. The highest BCUT2D eigenvalue weighted by molar-refractivity contribution is 7.18. The summed E-state index contributed by atoms with van der Waals surface area (Å²) in [6, 6.07) is 3.01. The number of fused-ring (bicyclic) bond motifs is 3. The van der Waals surface area contributed by atoms with Crippen LogP contribution in [-0.4, -0.2) is 20.6 Å². The van der Waals surface area contributed by atoms with Crippen molar-refractivity contribution in [3.8, 4) is 0 Å². The van der Waals surface area contributed by atoms with Gasteiger partial charge in [-0.3, -0.25) is 9.36 Å². The first kappa shape index (κ1) is 17.0. The molecule has 1 aliphatic rings. The van der Waals surface area contributed by atoms with Gasteiger partial charge >= 0.3 is 5.97 Å². The number of carboxylic acids is 1. The van der Waals surface area contributed by atoms with Crippen LogP contribution in [0.4, 0.5) is 0 Å². The number of carbonyl (C=O) groups is 1. The molecule has 0 aliphatic heterocycles. The standard InChI is InChI=1S/C19H20N2O4S/c1-3-15-20-17-16(12-6-4-10(2)8-14(12)26-17)18(22)21(15)9-11-5-7-13(25-11)19(23)24/h5,7,10H,3-4,6,8-9H2,1-2H3,(H,23,24). The zero-order chi connectivity index (χ0) is 18.4. The zero-order valence-electron chi connectivity index (χ0n) is 14.7. The van der Waals surface area contributed by atoms with Crippen molar-refractivity contribution in [2.45, 2.75) is 46.1 Å². The van der Waals surface area contributed by atoms with Crippen LogP contribution in [0.3, 0.4) is 0 Å². The predicted octanol–water partition coefficient (Wildman–Crippen LogP) is 3.48. The topological polar surface area (TPSA) is 85.3 Å². The number of aryl methyl sites for hydroxylation is 2. The fourth-order valence-corrected chi connectivity index (χ4v) is 5.02. The van der Waals surface area contributed by atoms with Crippen molar-refractivity contribution in [1.82, 2.24) is 9.55 Å². The van der Waals surface area contributed by atoms with Crippen LogP contribution in [-0.2, 0) is 25.8 Å². The molecule has 0 spiro atoms. The lowest BCUT2D eigenvalue weighted by molar-refractivity contribution is 0.0660. The van der Waals surface area contributed by atoms with Crippen LogP contribution in [0.5, 0.6) is 0 Å². The molecule has 3 heterocycles. The Morgan fingerprint density at radius 2 is 2.27 bits per heavy atom. The minimum absolute atomic E-state index is 0.0489. The molecule has 0 aromatic carbocycles. The van der Waals surface area contributed by atoms with Gasteiger partial charge in [0.05, 0.1) is 11.9 Å². The Bertz CT molecular complexity index is 1060.